The number of hydrogen-bond acceptors (Lipinski definition) is 4. The van der Waals surface area contributed by atoms with Gasteiger partial charge in [0.15, 0.2) is 0 Å². The van der Waals surface area contributed by atoms with Crippen LogP contribution in [0.15, 0.2) is 47.2 Å². The zero-order valence-corrected chi connectivity index (χ0v) is 12.5. The standard InChI is InChI=1S/C14H14BrN5/c1-20-8-10(7-17-20)13(19-16)14-11(15)6-9-4-2-3-5-12(9)18-14/h2-8,13,19H,16H2,1H3. The first kappa shape index (κ1) is 13.2. The molecule has 102 valence electrons. The normalized spacial score (nSPS) is 12.8. The number of fused-ring (bicyclic) bond motifs is 1. The number of hydrazine groups is 1. The van der Waals surface area contributed by atoms with Gasteiger partial charge in [-0.2, -0.15) is 5.10 Å². The molecule has 0 aliphatic rings. The number of aryl methyl sites for hydroxylation is 1. The summed E-state index contributed by atoms with van der Waals surface area (Å²) in [6.07, 6.45) is 3.71. The van der Waals surface area contributed by atoms with Crippen molar-refractivity contribution in [2.24, 2.45) is 12.9 Å². The minimum Gasteiger partial charge on any atom is -0.275 e. The highest BCUT2D eigenvalue weighted by atomic mass is 79.9. The fourth-order valence-corrected chi connectivity index (χ4v) is 2.79. The molecule has 3 aromatic rings. The first-order valence-corrected chi connectivity index (χ1v) is 6.98. The SMILES string of the molecule is Cn1cc(C(NN)c2nc3ccccc3cc2Br)cn1. The van der Waals surface area contributed by atoms with Gasteiger partial charge in [0.2, 0.25) is 0 Å². The zero-order valence-electron chi connectivity index (χ0n) is 10.9. The third-order valence-electron chi connectivity index (χ3n) is 3.20. The monoisotopic (exact) mass is 331 g/mol. The Balaban J connectivity index is 2.14. The van der Waals surface area contributed by atoms with Gasteiger partial charge in [-0.05, 0) is 28.1 Å². The predicted molar refractivity (Wildman–Crippen MR) is 81.8 cm³/mol. The first-order valence-electron chi connectivity index (χ1n) is 6.19. The third kappa shape index (κ3) is 2.33. The Bertz CT molecular complexity index is 752. The lowest BCUT2D eigenvalue weighted by molar-refractivity contribution is 0.619. The molecule has 0 saturated heterocycles. The van der Waals surface area contributed by atoms with Crippen LogP contribution in [0.5, 0.6) is 0 Å². The van der Waals surface area contributed by atoms with E-state index < -0.39 is 0 Å². The fourth-order valence-electron chi connectivity index (χ4n) is 2.23. The van der Waals surface area contributed by atoms with E-state index in [1.165, 1.54) is 0 Å². The highest BCUT2D eigenvalue weighted by Gasteiger charge is 2.19. The van der Waals surface area contributed by atoms with Crippen molar-refractivity contribution in [3.63, 3.8) is 0 Å². The molecule has 3 rings (SSSR count). The minimum atomic E-state index is -0.206. The lowest BCUT2D eigenvalue weighted by Crippen LogP contribution is -2.29. The molecule has 1 aromatic carbocycles. The van der Waals surface area contributed by atoms with Crippen LogP contribution in [0.3, 0.4) is 0 Å². The van der Waals surface area contributed by atoms with E-state index >= 15 is 0 Å². The molecule has 0 bridgehead atoms. The Morgan fingerprint density at radius 1 is 1.35 bits per heavy atom. The Morgan fingerprint density at radius 2 is 2.15 bits per heavy atom. The van der Waals surface area contributed by atoms with Crippen molar-refractivity contribution in [1.82, 2.24) is 20.2 Å². The maximum Gasteiger partial charge on any atom is 0.0923 e. The second kappa shape index (κ2) is 5.32. The molecule has 6 heteroatoms. The maximum absolute atomic E-state index is 5.71. The molecule has 0 radical (unpaired) electrons. The van der Waals surface area contributed by atoms with Crippen molar-refractivity contribution < 1.29 is 0 Å². The van der Waals surface area contributed by atoms with Crippen molar-refractivity contribution in [2.45, 2.75) is 6.04 Å². The van der Waals surface area contributed by atoms with Crippen molar-refractivity contribution in [1.29, 1.82) is 0 Å². The van der Waals surface area contributed by atoms with Gasteiger partial charge in [0, 0.05) is 28.7 Å². The number of aromatic nitrogens is 3. The summed E-state index contributed by atoms with van der Waals surface area (Å²) in [5, 5.41) is 5.27. The van der Waals surface area contributed by atoms with Gasteiger partial charge in [0.05, 0.1) is 23.4 Å². The fraction of sp³-hybridized carbons (Fsp3) is 0.143. The average molecular weight is 332 g/mol. The third-order valence-corrected chi connectivity index (χ3v) is 3.84. The van der Waals surface area contributed by atoms with Crippen molar-refractivity contribution in [3.8, 4) is 0 Å². The zero-order chi connectivity index (χ0) is 14.1. The first-order chi connectivity index (χ1) is 9.69. The summed E-state index contributed by atoms with van der Waals surface area (Å²) in [5.74, 6) is 5.71. The smallest absolute Gasteiger partial charge is 0.0923 e. The number of halogens is 1. The van der Waals surface area contributed by atoms with E-state index in [2.05, 4.69) is 32.5 Å². The summed E-state index contributed by atoms with van der Waals surface area (Å²) in [5.41, 5.74) is 5.56. The summed E-state index contributed by atoms with van der Waals surface area (Å²) in [6, 6.07) is 9.84. The molecule has 1 atom stereocenters. The number of rotatable bonds is 3. The summed E-state index contributed by atoms with van der Waals surface area (Å²) < 4.78 is 2.66. The van der Waals surface area contributed by atoms with Crippen LogP contribution in [0.4, 0.5) is 0 Å². The van der Waals surface area contributed by atoms with Crippen LogP contribution in [0.25, 0.3) is 10.9 Å². The highest BCUT2D eigenvalue weighted by molar-refractivity contribution is 9.10. The maximum atomic E-state index is 5.71. The number of benzene rings is 1. The van der Waals surface area contributed by atoms with Gasteiger partial charge < -0.3 is 0 Å². The van der Waals surface area contributed by atoms with Gasteiger partial charge in [-0.3, -0.25) is 10.5 Å². The molecule has 0 aliphatic heterocycles. The second-order valence-corrected chi connectivity index (χ2v) is 5.45. The van der Waals surface area contributed by atoms with Crippen LogP contribution in [0.2, 0.25) is 0 Å². The lowest BCUT2D eigenvalue weighted by atomic mass is 10.1. The van der Waals surface area contributed by atoms with E-state index in [0.717, 1.165) is 26.6 Å². The summed E-state index contributed by atoms with van der Waals surface area (Å²) in [6.45, 7) is 0. The molecule has 1 unspecified atom stereocenters. The Kier molecular flexibility index (Phi) is 3.52. The Hall–Kier alpha value is -1.76. The van der Waals surface area contributed by atoms with E-state index in [1.807, 2.05) is 37.5 Å². The van der Waals surface area contributed by atoms with Crippen molar-refractivity contribution in [2.75, 3.05) is 0 Å². The molecule has 3 N–H and O–H groups in total. The predicted octanol–water partition coefficient (Wildman–Crippen LogP) is 2.28. The van der Waals surface area contributed by atoms with Crippen LogP contribution < -0.4 is 11.3 Å². The van der Waals surface area contributed by atoms with Gasteiger partial charge in [0.25, 0.3) is 0 Å². The minimum absolute atomic E-state index is 0.206. The van der Waals surface area contributed by atoms with E-state index in [1.54, 1.807) is 10.9 Å². The Labute approximate surface area is 124 Å². The average Bonchev–Trinajstić information content (AvgIpc) is 2.86. The van der Waals surface area contributed by atoms with E-state index in [4.69, 9.17) is 10.8 Å². The molecule has 0 saturated carbocycles. The van der Waals surface area contributed by atoms with Crippen molar-refractivity contribution in [3.05, 3.63) is 58.5 Å². The number of nitrogens with two attached hydrogens (primary N) is 1. The molecular weight excluding hydrogens is 318 g/mol. The molecule has 0 fully saturated rings. The van der Waals surface area contributed by atoms with Gasteiger partial charge in [-0.15, -0.1) is 0 Å². The van der Waals surface area contributed by atoms with Gasteiger partial charge in [0.1, 0.15) is 0 Å². The topological polar surface area (TPSA) is 68.8 Å². The lowest BCUT2D eigenvalue weighted by Gasteiger charge is -2.16. The van der Waals surface area contributed by atoms with Crippen molar-refractivity contribution >= 4 is 26.8 Å². The van der Waals surface area contributed by atoms with Gasteiger partial charge in [-0.25, -0.2) is 10.4 Å². The van der Waals surface area contributed by atoms with E-state index in [9.17, 15) is 0 Å². The number of pyridine rings is 1. The number of nitrogens with zero attached hydrogens (tertiary/aromatic N) is 3. The molecule has 0 spiro atoms. The number of nitrogens with one attached hydrogen (secondary N) is 1. The van der Waals surface area contributed by atoms with Crippen LogP contribution in [0, 0.1) is 0 Å². The molecule has 2 heterocycles. The summed E-state index contributed by atoms with van der Waals surface area (Å²) >= 11 is 3.58. The van der Waals surface area contributed by atoms with Crippen LogP contribution in [-0.2, 0) is 7.05 Å². The number of para-hydroxylation sites is 1. The van der Waals surface area contributed by atoms with E-state index in [-0.39, 0.29) is 6.04 Å². The second-order valence-electron chi connectivity index (χ2n) is 4.60. The molecular formula is C14H14BrN5. The Morgan fingerprint density at radius 3 is 2.85 bits per heavy atom. The largest absolute Gasteiger partial charge is 0.275 e. The van der Waals surface area contributed by atoms with Gasteiger partial charge >= 0.3 is 0 Å². The van der Waals surface area contributed by atoms with Crippen LogP contribution in [0.1, 0.15) is 17.3 Å². The van der Waals surface area contributed by atoms with E-state index in [0.29, 0.717) is 0 Å². The van der Waals surface area contributed by atoms with Crippen LogP contribution in [-0.4, -0.2) is 14.8 Å². The van der Waals surface area contributed by atoms with Gasteiger partial charge in [-0.1, -0.05) is 18.2 Å². The highest BCUT2D eigenvalue weighted by Crippen LogP contribution is 2.29. The van der Waals surface area contributed by atoms with Crippen LogP contribution >= 0.6 is 15.9 Å². The molecule has 5 nitrogen and oxygen atoms in total. The summed E-state index contributed by atoms with van der Waals surface area (Å²) in [7, 11) is 1.87. The summed E-state index contributed by atoms with van der Waals surface area (Å²) in [4.78, 5) is 4.71. The molecule has 0 aliphatic carbocycles. The molecule has 0 amide bonds. The number of hydrogen-bond donors (Lipinski definition) is 2. The quantitative estimate of drug-likeness (QED) is 0.570. The molecule has 20 heavy (non-hydrogen) atoms. The molecule has 2 aromatic heterocycles.